The summed E-state index contributed by atoms with van der Waals surface area (Å²) in [4.78, 5) is 14.2. The molecule has 7 nitrogen and oxygen atoms in total. The van der Waals surface area contributed by atoms with E-state index in [0.717, 1.165) is 38.6 Å². The van der Waals surface area contributed by atoms with Crippen LogP contribution in [-0.2, 0) is 13.0 Å². The topological polar surface area (TPSA) is 88.1 Å². The first-order valence-corrected chi connectivity index (χ1v) is 10.2. The molecule has 29 heavy (non-hydrogen) atoms. The van der Waals surface area contributed by atoms with Gasteiger partial charge in [0.2, 0.25) is 6.79 Å². The molecule has 0 spiro atoms. The second kappa shape index (κ2) is 7.46. The van der Waals surface area contributed by atoms with E-state index >= 15 is 0 Å². The Hall–Kier alpha value is -2.97. The minimum atomic E-state index is 0.242. The largest absolute Gasteiger partial charge is 0.454 e. The van der Waals surface area contributed by atoms with Crippen molar-refractivity contribution in [2.24, 2.45) is 0 Å². The number of hydrogen-bond donors (Lipinski definition) is 1. The number of rotatable bonds is 5. The predicted molar refractivity (Wildman–Crippen MR) is 112 cm³/mol. The van der Waals surface area contributed by atoms with Crippen LogP contribution >= 0.6 is 23.4 Å². The van der Waals surface area contributed by atoms with E-state index in [1.165, 1.54) is 18.1 Å². The first-order chi connectivity index (χ1) is 14.2. The van der Waals surface area contributed by atoms with Gasteiger partial charge in [0.05, 0.1) is 0 Å². The van der Waals surface area contributed by atoms with Gasteiger partial charge in [0.15, 0.2) is 33.6 Å². The van der Waals surface area contributed by atoms with Crippen molar-refractivity contribution in [3.8, 4) is 11.5 Å². The molecule has 2 N–H and O–H groups in total. The molecule has 1 aliphatic heterocycles. The molecule has 4 aromatic rings. The van der Waals surface area contributed by atoms with Crippen LogP contribution < -0.4 is 15.2 Å². The average Bonchev–Trinajstić information content (AvgIpc) is 3.32. The lowest BCUT2D eigenvalue weighted by Crippen LogP contribution is -2.05. The fraction of sp³-hybridized carbons (Fsp3) is 0.150. The van der Waals surface area contributed by atoms with Crippen LogP contribution in [0.15, 0.2) is 58.8 Å². The van der Waals surface area contributed by atoms with Gasteiger partial charge in [0, 0.05) is 16.5 Å². The molecule has 0 amide bonds. The molecule has 2 aromatic heterocycles. The number of fused-ring (bicyclic) bond motifs is 2. The van der Waals surface area contributed by atoms with Gasteiger partial charge in [-0.2, -0.15) is 0 Å². The van der Waals surface area contributed by atoms with Crippen LogP contribution in [0, 0.1) is 0 Å². The lowest BCUT2D eigenvalue weighted by Gasteiger charge is -2.10. The number of benzene rings is 2. The lowest BCUT2D eigenvalue weighted by atomic mass is 10.1. The quantitative estimate of drug-likeness (QED) is 0.513. The summed E-state index contributed by atoms with van der Waals surface area (Å²) in [6.07, 6.45) is 2.20. The third-order valence-electron chi connectivity index (χ3n) is 4.64. The number of ether oxygens (including phenoxy) is 2. The van der Waals surface area contributed by atoms with Gasteiger partial charge < -0.3 is 19.8 Å². The van der Waals surface area contributed by atoms with Gasteiger partial charge in [-0.1, -0.05) is 41.6 Å². The maximum Gasteiger partial charge on any atom is 0.231 e. The molecule has 2 aromatic carbocycles. The lowest BCUT2D eigenvalue weighted by molar-refractivity contribution is 0.174. The number of aromatic nitrogens is 4. The Morgan fingerprint density at radius 1 is 1.10 bits per heavy atom. The van der Waals surface area contributed by atoms with E-state index < -0.39 is 0 Å². The molecule has 3 heterocycles. The summed E-state index contributed by atoms with van der Waals surface area (Å²) in [5.74, 6) is 1.84. The standard InChI is InChI=1S/C20H16ClN5O2S/c21-14-4-2-1-3-12(14)7-8-26-19-17(18(22)23-10-24-19)25-20(26)29-13-5-6-15-16(9-13)28-11-27-15/h1-6,9-10H,7-8,11H2,(H2,22,23,24). The normalized spacial score (nSPS) is 12.6. The summed E-state index contributed by atoms with van der Waals surface area (Å²) in [5.41, 5.74) is 8.40. The molecular formula is C20H16ClN5O2S. The van der Waals surface area contributed by atoms with Gasteiger partial charge in [-0.25, -0.2) is 15.0 Å². The average molecular weight is 426 g/mol. The van der Waals surface area contributed by atoms with E-state index in [1.807, 2.05) is 47.0 Å². The third-order valence-corrected chi connectivity index (χ3v) is 5.99. The van der Waals surface area contributed by atoms with Gasteiger partial charge in [0.1, 0.15) is 6.33 Å². The predicted octanol–water partition coefficient (Wildman–Crippen LogP) is 4.18. The van der Waals surface area contributed by atoms with Crippen molar-refractivity contribution in [3.63, 3.8) is 0 Å². The maximum atomic E-state index is 6.33. The number of hydrogen-bond acceptors (Lipinski definition) is 7. The van der Waals surface area contributed by atoms with E-state index in [4.69, 9.17) is 31.8 Å². The highest BCUT2D eigenvalue weighted by molar-refractivity contribution is 7.99. The van der Waals surface area contributed by atoms with Gasteiger partial charge >= 0.3 is 0 Å². The molecule has 146 valence electrons. The van der Waals surface area contributed by atoms with Crippen LogP contribution in [0.2, 0.25) is 5.02 Å². The molecule has 0 fully saturated rings. The second-order valence-electron chi connectivity index (χ2n) is 6.44. The Bertz CT molecular complexity index is 1210. The van der Waals surface area contributed by atoms with Gasteiger partial charge in [-0.05, 0) is 36.2 Å². The second-order valence-corrected chi connectivity index (χ2v) is 7.88. The van der Waals surface area contributed by atoms with Crippen LogP contribution in [0.5, 0.6) is 11.5 Å². The summed E-state index contributed by atoms with van der Waals surface area (Å²) in [6.45, 7) is 0.898. The van der Waals surface area contributed by atoms with Crippen LogP contribution in [0.1, 0.15) is 5.56 Å². The molecule has 1 aliphatic rings. The maximum absolute atomic E-state index is 6.33. The Balaban J connectivity index is 1.51. The number of nitrogen functional groups attached to an aromatic ring is 1. The van der Waals surface area contributed by atoms with E-state index in [0.29, 0.717) is 23.5 Å². The van der Waals surface area contributed by atoms with Crippen molar-refractivity contribution >= 4 is 40.3 Å². The summed E-state index contributed by atoms with van der Waals surface area (Å²) >= 11 is 7.84. The number of halogens is 1. The Morgan fingerprint density at radius 2 is 1.97 bits per heavy atom. The fourth-order valence-electron chi connectivity index (χ4n) is 3.19. The Labute approximate surface area is 175 Å². The molecule has 0 atom stereocenters. The highest BCUT2D eigenvalue weighted by Crippen LogP contribution is 2.38. The summed E-state index contributed by atoms with van der Waals surface area (Å²) in [7, 11) is 0. The van der Waals surface area contributed by atoms with Crippen LogP contribution in [0.4, 0.5) is 5.82 Å². The van der Waals surface area contributed by atoms with Crippen LogP contribution in [0.25, 0.3) is 11.2 Å². The van der Waals surface area contributed by atoms with Crippen LogP contribution in [0.3, 0.4) is 0 Å². The first-order valence-electron chi connectivity index (χ1n) is 8.96. The molecule has 0 aliphatic carbocycles. The van der Waals surface area contributed by atoms with Gasteiger partial charge in [-0.15, -0.1) is 0 Å². The minimum Gasteiger partial charge on any atom is -0.454 e. The number of nitrogens with two attached hydrogens (primary N) is 1. The number of aryl methyl sites for hydroxylation is 2. The van der Waals surface area contributed by atoms with E-state index in [2.05, 4.69) is 9.97 Å². The van der Waals surface area contributed by atoms with E-state index in [1.54, 1.807) is 0 Å². The smallest absolute Gasteiger partial charge is 0.231 e. The zero-order valence-electron chi connectivity index (χ0n) is 15.2. The number of nitrogens with zero attached hydrogens (tertiary/aromatic N) is 4. The summed E-state index contributed by atoms with van der Waals surface area (Å²) in [5, 5.41) is 1.52. The number of anilines is 1. The summed E-state index contributed by atoms with van der Waals surface area (Å²) < 4.78 is 12.9. The van der Waals surface area contributed by atoms with Crippen molar-refractivity contribution in [1.82, 2.24) is 19.5 Å². The first kappa shape index (κ1) is 18.1. The Kier molecular flexibility index (Phi) is 4.65. The molecule has 0 saturated carbocycles. The van der Waals surface area contributed by atoms with Gasteiger partial charge in [0.25, 0.3) is 0 Å². The van der Waals surface area contributed by atoms with Crippen molar-refractivity contribution < 1.29 is 9.47 Å². The van der Waals surface area contributed by atoms with Gasteiger partial charge in [-0.3, -0.25) is 0 Å². The molecule has 0 unspecified atom stereocenters. The van der Waals surface area contributed by atoms with Crippen molar-refractivity contribution in [2.45, 2.75) is 23.0 Å². The highest BCUT2D eigenvalue weighted by atomic mass is 35.5. The SMILES string of the molecule is Nc1ncnc2c1nc(Sc1ccc3c(c1)OCO3)n2CCc1ccccc1Cl. The molecule has 0 radical (unpaired) electrons. The van der Waals surface area contributed by atoms with Crippen LogP contribution in [-0.4, -0.2) is 26.3 Å². The van der Waals surface area contributed by atoms with E-state index in [-0.39, 0.29) is 6.79 Å². The fourth-order valence-corrected chi connectivity index (χ4v) is 4.36. The number of imidazole rings is 1. The van der Waals surface area contributed by atoms with Crippen molar-refractivity contribution in [2.75, 3.05) is 12.5 Å². The minimum absolute atomic E-state index is 0.242. The van der Waals surface area contributed by atoms with Crippen molar-refractivity contribution in [3.05, 3.63) is 59.4 Å². The molecule has 9 heteroatoms. The van der Waals surface area contributed by atoms with Crippen molar-refractivity contribution in [1.29, 1.82) is 0 Å². The monoisotopic (exact) mass is 425 g/mol. The Morgan fingerprint density at radius 3 is 2.86 bits per heavy atom. The molecule has 5 rings (SSSR count). The molecular weight excluding hydrogens is 410 g/mol. The third kappa shape index (κ3) is 3.45. The zero-order valence-corrected chi connectivity index (χ0v) is 16.8. The zero-order chi connectivity index (χ0) is 19.8. The molecule has 0 saturated heterocycles. The molecule has 0 bridgehead atoms. The van der Waals surface area contributed by atoms with E-state index in [9.17, 15) is 0 Å². The summed E-state index contributed by atoms with van der Waals surface area (Å²) in [6, 6.07) is 13.6. The highest BCUT2D eigenvalue weighted by Gasteiger charge is 2.18.